The molecular weight excluding hydrogens is 500 g/mol. The van der Waals surface area contributed by atoms with E-state index in [9.17, 15) is 14.7 Å². The number of rotatable bonds is 9. The van der Waals surface area contributed by atoms with Gasteiger partial charge in [-0.3, -0.25) is 14.5 Å². The van der Waals surface area contributed by atoms with Crippen LogP contribution < -0.4 is 14.2 Å². The molecule has 1 atom stereocenters. The van der Waals surface area contributed by atoms with Crippen LogP contribution in [-0.4, -0.2) is 85.8 Å². The maximum Gasteiger partial charge on any atom is 0.295 e. The molecule has 0 spiro atoms. The zero-order chi connectivity index (χ0) is 27.4. The second kappa shape index (κ2) is 12.1. The van der Waals surface area contributed by atoms with Crippen LogP contribution in [0.5, 0.6) is 17.2 Å². The van der Waals surface area contributed by atoms with E-state index in [0.29, 0.717) is 80.4 Å². The lowest BCUT2D eigenvalue weighted by atomic mass is 9.95. The standard InChI is InChI=1S/C30H36N2O7/c1-20(2)8-13-37-23-5-3-4-21(18-23)27-26(28(33)22-6-7-24-25(19-22)39-17-16-38-24)29(34)30(35)32(27)10-9-31-11-14-36-15-12-31/h3-7,18-20,27,33H,8-17H2,1-2H3/t27-/m0/s1. The number of hydrogen-bond donors (Lipinski definition) is 1. The summed E-state index contributed by atoms with van der Waals surface area (Å²) in [5, 5.41) is 11.5. The quantitative estimate of drug-likeness (QED) is 0.295. The SMILES string of the molecule is CC(C)CCOc1cccc([C@H]2C(=C(O)c3ccc4c(c3)OCCO4)C(=O)C(=O)N2CCN2CCOCC2)c1. The molecule has 2 aromatic rings. The summed E-state index contributed by atoms with van der Waals surface area (Å²) >= 11 is 0. The summed E-state index contributed by atoms with van der Waals surface area (Å²) in [6, 6.07) is 11.7. The Hall–Kier alpha value is -3.56. The number of amides is 1. The van der Waals surface area contributed by atoms with E-state index >= 15 is 0 Å². The Morgan fingerprint density at radius 2 is 1.77 bits per heavy atom. The molecule has 0 bridgehead atoms. The normalized spacial score (nSPS) is 21.0. The Bertz CT molecular complexity index is 1240. The fourth-order valence-electron chi connectivity index (χ4n) is 5.06. The van der Waals surface area contributed by atoms with E-state index in [1.54, 1.807) is 23.1 Å². The molecule has 39 heavy (non-hydrogen) atoms. The average molecular weight is 537 g/mol. The van der Waals surface area contributed by atoms with Crippen molar-refractivity contribution in [1.82, 2.24) is 9.80 Å². The molecule has 9 heteroatoms. The van der Waals surface area contributed by atoms with Gasteiger partial charge in [-0.1, -0.05) is 26.0 Å². The molecule has 0 saturated carbocycles. The first-order valence-corrected chi connectivity index (χ1v) is 13.6. The van der Waals surface area contributed by atoms with Crippen molar-refractivity contribution >= 4 is 17.4 Å². The van der Waals surface area contributed by atoms with Gasteiger partial charge in [-0.2, -0.15) is 0 Å². The fourth-order valence-corrected chi connectivity index (χ4v) is 5.06. The number of carbonyl (C=O) groups is 2. The van der Waals surface area contributed by atoms with Crippen molar-refractivity contribution < 1.29 is 33.6 Å². The third-order valence-electron chi connectivity index (χ3n) is 7.25. The number of Topliss-reactive ketones (excluding diaryl/α,β-unsaturated/α-hetero) is 1. The Kier molecular flexibility index (Phi) is 8.38. The Labute approximate surface area is 228 Å². The lowest BCUT2D eigenvalue weighted by Crippen LogP contribution is -2.42. The lowest BCUT2D eigenvalue weighted by molar-refractivity contribution is -0.140. The summed E-state index contributed by atoms with van der Waals surface area (Å²) in [4.78, 5) is 30.6. The Morgan fingerprint density at radius 3 is 2.54 bits per heavy atom. The highest BCUT2D eigenvalue weighted by Gasteiger charge is 2.46. The van der Waals surface area contributed by atoms with Crippen LogP contribution in [-0.2, 0) is 14.3 Å². The molecule has 0 aromatic heterocycles. The molecule has 5 rings (SSSR count). The number of fused-ring (bicyclic) bond motifs is 1. The smallest absolute Gasteiger partial charge is 0.295 e. The first-order chi connectivity index (χ1) is 18.9. The van der Waals surface area contributed by atoms with Gasteiger partial charge in [0.15, 0.2) is 11.5 Å². The van der Waals surface area contributed by atoms with Gasteiger partial charge in [0.2, 0.25) is 0 Å². The summed E-state index contributed by atoms with van der Waals surface area (Å²) < 4.78 is 22.7. The topological polar surface area (TPSA) is 97.8 Å². The minimum absolute atomic E-state index is 0.0537. The number of likely N-dealkylation sites (tertiary alicyclic amines) is 1. The first kappa shape index (κ1) is 27.0. The molecule has 208 valence electrons. The van der Waals surface area contributed by atoms with E-state index < -0.39 is 17.7 Å². The molecule has 0 unspecified atom stereocenters. The number of morpholine rings is 1. The molecule has 3 aliphatic rings. The predicted octanol–water partition coefficient (Wildman–Crippen LogP) is 3.64. The molecule has 3 aliphatic heterocycles. The summed E-state index contributed by atoms with van der Waals surface area (Å²) in [6.07, 6.45) is 0.909. The van der Waals surface area contributed by atoms with E-state index in [4.69, 9.17) is 18.9 Å². The zero-order valence-electron chi connectivity index (χ0n) is 22.6. The van der Waals surface area contributed by atoms with Crippen molar-refractivity contribution in [2.45, 2.75) is 26.3 Å². The van der Waals surface area contributed by atoms with E-state index in [2.05, 4.69) is 18.7 Å². The maximum absolute atomic E-state index is 13.5. The molecule has 2 aromatic carbocycles. The van der Waals surface area contributed by atoms with Crippen molar-refractivity contribution in [3.8, 4) is 17.2 Å². The predicted molar refractivity (Wildman–Crippen MR) is 145 cm³/mol. The zero-order valence-corrected chi connectivity index (χ0v) is 22.6. The van der Waals surface area contributed by atoms with Crippen LogP contribution in [0.4, 0.5) is 0 Å². The highest BCUT2D eigenvalue weighted by molar-refractivity contribution is 6.46. The number of ketones is 1. The summed E-state index contributed by atoms with van der Waals surface area (Å²) in [6.45, 7) is 9.44. The van der Waals surface area contributed by atoms with Crippen LogP contribution >= 0.6 is 0 Å². The lowest BCUT2D eigenvalue weighted by Gasteiger charge is -2.31. The largest absolute Gasteiger partial charge is 0.507 e. The number of nitrogens with zero attached hydrogens (tertiary/aromatic N) is 2. The highest BCUT2D eigenvalue weighted by atomic mass is 16.6. The first-order valence-electron chi connectivity index (χ1n) is 13.6. The monoisotopic (exact) mass is 536 g/mol. The van der Waals surface area contributed by atoms with Gasteiger partial charge >= 0.3 is 0 Å². The minimum Gasteiger partial charge on any atom is -0.507 e. The second-order valence-corrected chi connectivity index (χ2v) is 10.4. The summed E-state index contributed by atoms with van der Waals surface area (Å²) in [5.74, 6) is 0.655. The van der Waals surface area contributed by atoms with E-state index in [1.807, 2.05) is 24.3 Å². The molecule has 3 heterocycles. The summed E-state index contributed by atoms with van der Waals surface area (Å²) in [7, 11) is 0. The number of ether oxygens (including phenoxy) is 4. The number of aliphatic hydroxyl groups is 1. The van der Waals surface area contributed by atoms with Crippen molar-refractivity contribution in [1.29, 1.82) is 0 Å². The second-order valence-electron chi connectivity index (χ2n) is 10.4. The van der Waals surface area contributed by atoms with Gasteiger partial charge in [-0.25, -0.2) is 0 Å². The molecule has 9 nitrogen and oxygen atoms in total. The van der Waals surface area contributed by atoms with Crippen LogP contribution in [0.3, 0.4) is 0 Å². The van der Waals surface area contributed by atoms with E-state index in [-0.39, 0.29) is 11.3 Å². The third kappa shape index (κ3) is 6.04. The van der Waals surface area contributed by atoms with E-state index in [1.165, 1.54) is 0 Å². The van der Waals surface area contributed by atoms with Gasteiger partial charge in [0.25, 0.3) is 11.7 Å². The Morgan fingerprint density at radius 1 is 1.00 bits per heavy atom. The van der Waals surface area contributed by atoms with Crippen LogP contribution in [0.15, 0.2) is 48.0 Å². The summed E-state index contributed by atoms with van der Waals surface area (Å²) in [5.41, 5.74) is 1.15. The van der Waals surface area contributed by atoms with Crippen molar-refractivity contribution in [3.63, 3.8) is 0 Å². The van der Waals surface area contributed by atoms with Gasteiger partial charge in [-0.15, -0.1) is 0 Å². The number of hydrogen-bond acceptors (Lipinski definition) is 8. The van der Waals surface area contributed by atoms with Gasteiger partial charge in [0.1, 0.15) is 24.7 Å². The van der Waals surface area contributed by atoms with Gasteiger partial charge in [0, 0.05) is 31.7 Å². The van der Waals surface area contributed by atoms with Gasteiger partial charge in [0.05, 0.1) is 31.4 Å². The van der Waals surface area contributed by atoms with Crippen LogP contribution in [0.25, 0.3) is 5.76 Å². The van der Waals surface area contributed by atoms with Crippen molar-refractivity contribution in [2.24, 2.45) is 5.92 Å². The van der Waals surface area contributed by atoms with Crippen LogP contribution in [0.1, 0.15) is 37.4 Å². The highest BCUT2D eigenvalue weighted by Crippen LogP contribution is 2.41. The van der Waals surface area contributed by atoms with Crippen LogP contribution in [0.2, 0.25) is 0 Å². The van der Waals surface area contributed by atoms with Crippen molar-refractivity contribution in [3.05, 3.63) is 59.2 Å². The molecule has 2 fully saturated rings. The number of benzene rings is 2. The number of carbonyl (C=O) groups excluding carboxylic acids is 2. The maximum atomic E-state index is 13.5. The molecular formula is C30H36N2O7. The number of aliphatic hydroxyl groups excluding tert-OH is 1. The van der Waals surface area contributed by atoms with Gasteiger partial charge < -0.3 is 29.0 Å². The van der Waals surface area contributed by atoms with E-state index in [0.717, 1.165) is 19.5 Å². The molecule has 2 saturated heterocycles. The van der Waals surface area contributed by atoms with Crippen LogP contribution in [0, 0.1) is 5.92 Å². The average Bonchev–Trinajstić information content (AvgIpc) is 3.21. The van der Waals surface area contributed by atoms with Gasteiger partial charge in [-0.05, 0) is 48.2 Å². The molecule has 0 radical (unpaired) electrons. The Balaban J connectivity index is 1.50. The van der Waals surface area contributed by atoms with Crippen molar-refractivity contribution in [2.75, 3.05) is 59.2 Å². The molecule has 0 aliphatic carbocycles. The molecule has 1 amide bonds. The third-order valence-corrected chi connectivity index (χ3v) is 7.25. The minimum atomic E-state index is -0.757. The molecule has 1 N–H and O–H groups in total. The fraction of sp³-hybridized carbons (Fsp3) is 0.467.